The monoisotopic (exact) mass is 464 g/mol. The second kappa shape index (κ2) is 8.61. The molecule has 2 heterocycles. The van der Waals surface area contributed by atoms with Crippen molar-refractivity contribution in [3.05, 3.63) is 41.2 Å². The Hall–Kier alpha value is -3.22. The number of carbonyl (C=O) groups is 1. The Bertz CT molecular complexity index is 1070. The number of hydrogen-bond acceptors (Lipinski definition) is 4. The van der Waals surface area contributed by atoms with Crippen molar-refractivity contribution < 1.29 is 27.1 Å². The van der Waals surface area contributed by atoms with Gasteiger partial charge in [-0.3, -0.25) is 0 Å². The van der Waals surface area contributed by atoms with Crippen LogP contribution in [0.1, 0.15) is 38.2 Å². The molecule has 6 nitrogen and oxygen atoms in total. The number of carbonyl (C=O) groups excluding carboxylic acids is 1. The average Bonchev–Trinajstić information content (AvgIpc) is 3.57. The third-order valence-corrected chi connectivity index (χ3v) is 5.88. The van der Waals surface area contributed by atoms with E-state index in [2.05, 4.69) is 26.9 Å². The lowest BCUT2D eigenvalue weighted by molar-refractivity contribution is -0.208. The Morgan fingerprint density at radius 2 is 2.12 bits per heavy atom. The quantitative estimate of drug-likeness (QED) is 0.506. The van der Waals surface area contributed by atoms with E-state index in [0.29, 0.717) is 25.4 Å². The highest BCUT2D eigenvalue weighted by atomic mass is 19.4. The van der Waals surface area contributed by atoms with Crippen molar-refractivity contribution >= 4 is 17.7 Å². The molecule has 4 rings (SSSR count). The molecule has 0 bridgehead atoms. The Balaban J connectivity index is 1.48. The minimum atomic E-state index is -4.69. The number of nitrogens with zero attached hydrogens (tertiary/aromatic N) is 2. The van der Waals surface area contributed by atoms with Crippen LogP contribution in [0.2, 0.25) is 0 Å². The van der Waals surface area contributed by atoms with Crippen molar-refractivity contribution in [3.63, 3.8) is 0 Å². The summed E-state index contributed by atoms with van der Waals surface area (Å²) in [6.45, 7) is 2.22. The number of alkyl halides is 3. The van der Waals surface area contributed by atoms with Crippen LogP contribution in [0.5, 0.6) is 0 Å². The van der Waals surface area contributed by atoms with Gasteiger partial charge in [-0.15, -0.1) is 0 Å². The summed E-state index contributed by atoms with van der Waals surface area (Å²) in [5, 5.41) is 2.69. The Labute approximate surface area is 188 Å². The van der Waals surface area contributed by atoms with Crippen molar-refractivity contribution in [1.29, 1.82) is 0 Å². The molecule has 1 aliphatic carbocycles. The molecule has 1 aromatic rings. The fourth-order valence-corrected chi connectivity index (χ4v) is 3.82. The zero-order chi connectivity index (χ0) is 23.8. The molecule has 10 heteroatoms. The topological polar surface area (TPSA) is 80.0 Å². The van der Waals surface area contributed by atoms with Gasteiger partial charge in [-0.1, -0.05) is 17.9 Å². The highest BCUT2D eigenvalue weighted by Gasteiger charge is 2.50. The van der Waals surface area contributed by atoms with Crippen LogP contribution in [0.3, 0.4) is 0 Å². The van der Waals surface area contributed by atoms with E-state index in [1.165, 1.54) is 19.1 Å². The molecule has 2 atom stereocenters. The third-order valence-electron chi connectivity index (χ3n) is 5.88. The van der Waals surface area contributed by atoms with E-state index in [1.54, 1.807) is 4.90 Å². The number of aliphatic imine (C=N–C) groups is 1. The lowest BCUT2D eigenvalue weighted by Crippen LogP contribution is -2.46. The van der Waals surface area contributed by atoms with E-state index in [-0.39, 0.29) is 11.3 Å². The van der Waals surface area contributed by atoms with Gasteiger partial charge in [0.1, 0.15) is 5.82 Å². The fraction of sp³-hybridized carbons (Fsp3) is 0.478. The van der Waals surface area contributed by atoms with E-state index in [1.807, 2.05) is 6.08 Å². The molecule has 0 radical (unpaired) electrons. The van der Waals surface area contributed by atoms with Crippen molar-refractivity contribution in [2.75, 3.05) is 18.4 Å². The van der Waals surface area contributed by atoms with Crippen LogP contribution in [0.25, 0.3) is 0 Å². The molecule has 0 spiro atoms. The predicted octanol–water partition coefficient (Wildman–Crippen LogP) is 4.28. The SMILES string of the molecule is C[C@]1(c2cc(NC(=O)N3CC=C(C#CC4CC4)CC3)ccc2F)C[C@@H](C(F)(F)F)OC(N)=N1. The standard InChI is InChI=1S/C23H24F4N4O2/c1-22(13-19(23(25,26)27)33-20(28)30-22)17-12-16(6-7-18(17)24)29-21(32)31-10-8-15(9-11-31)5-4-14-2-3-14/h6-8,12,14,19H,2-3,9-11,13H2,1H3,(H2,28,30)(H,29,32)/t19-,22+/m0/s1. The maximum absolute atomic E-state index is 14.6. The van der Waals surface area contributed by atoms with Gasteiger partial charge in [0.2, 0.25) is 0 Å². The van der Waals surface area contributed by atoms with Crippen LogP contribution < -0.4 is 11.1 Å². The van der Waals surface area contributed by atoms with E-state index >= 15 is 0 Å². The largest absolute Gasteiger partial charge is 0.452 e. The molecule has 3 N–H and O–H groups in total. The van der Waals surface area contributed by atoms with Gasteiger partial charge in [0.25, 0.3) is 6.02 Å². The summed E-state index contributed by atoms with van der Waals surface area (Å²) >= 11 is 0. The molecule has 0 unspecified atom stereocenters. The highest BCUT2D eigenvalue weighted by Crippen LogP contribution is 2.41. The number of amidine groups is 1. The van der Waals surface area contributed by atoms with E-state index in [0.717, 1.165) is 24.5 Å². The van der Waals surface area contributed by atoms with E-state index in [4.69, 9.17) is 5.73 Å². The van der Waals surface area contributed by atoms with Crippen LogP contribution in [0, 0.1) is 23.6 Å². The predicted molar refractivity (Wildman–Crippen MR) is 115 cm³/mol. The summed E-state index contributed by atoms with van der Waals surface area (Å²) in [5.74, 6) is 6.11. The summed E-state index contributed by atoms with van der Waals surface area (Å²) < 4.78 is 59.0. The number of nitrogens with two attached hydrogens (primary N) is 1. The summed E-state index contributed by atoms with van der Waals surface area (Å²) in [6, 6.07) is 2.66. The van der Waals surface area contributed by atoms with Gasteiger partial charge in [0, 0.05) is 42.3 Å². The van der Waals surface area contributed by atoms with Gasteiger partial charge in [-0.2, -0.15) is 13.2 Å². The average molecular weight is 464 g/mol. The fourth-order valence-electron chi connectivity index (χ4n) is 3.82. The lowest BCUT2D eigenvalue weighted by Gasteiger charge is -2.36. The minimum absolute atomic E-state index is 0.114. The van der Waals surface area contributed by atoms with Crippen LogP contribution in [0.15, 0.2) is 34.8 Å². The molecule has 1 aromatic carbocycles. The molecule has 0 saturated heterocycles. The minimum Gasteiger partial charge on any atom is -0.452 e. The first-order valence-corrected chi connectivity index (χ1v) is 10.7. The number of ether oxygens (including phenoxy) is 1. The number of rotatable bonds is 2. The van der Waals surface area contributed by atoms with Gasteiger partial charge >= 0.3 is 12.2 Å². The lowest BCUT2D eigenvalue weighted by atomic mass is 9.85. The number of halogens is 4. The Kier molecular flexibility index (Phi) is 5.99. The Morgan fingerprint density at radius 1 is 1.36 bits per heavy atom. The first-order chi connectivity index (χ1) is 15.5. The molecular weight excluding hydrogens is 440 g/mol. The van der Waals surface area contributed by atoms with Crippen molar-refractivity contribution in [1.82, 2.24) is 4.90 Å². The molecule has 1 fully saturated rings. The van der Waals surface area contributed by atoms with Crippen LogP contribution in [0.4, 0.5) is 28.0 Å². The number of urea groups is 1. The van der Waals surface area contributed by atoms with Gasteiger partial charge in [0.05, 0.1) is 5.54 Å². The zero-order valence-corrected chi connectivity index (χ0v) is 18.0. The van der Waals surface area contributed by atoms with Gasteiger partial charge < -0.3 is 20.7 Å². The molecule has 33 heavy (non-hydrogen) atoms. The second-order valence-electron chi connectivity index (χ2n) is 8.67. The molecule has 2 aliphatic heterocycles. The summed E-state index contributed by atoms with van der Waals surface area (Å²) in [4.78, 5) is 18.2. The number of hydrogen-bond donors (Lipinski definition) is 2. The summed E-state index contributed by atoms with van der Waals surface area (Å²) in [6.07, 6.45) is -2.69. The van der Waals surface area contributed by atoms with Crippen molar-refractivity contribution in [3.8, 4) is 11.8 Å². The summed E-state index contributed by atoms with van der Waals surface area (Å²) in [5.41, 5.74) is 4.99. The molecule has 1 saturated carbocycles. The number of benzene rings is 1. The third kappa shape index (κ3) is 5.41. The number of amides is 2. The van der Waals surface area contributed by atoms with Crippen LogP contribution in [-0.2, 0) is 10.3 Å². The number of nitrogens with one attached hydrogen (secondary N) is 1. The normalized spacial score (nSPS) is 25.2. The van der Waals surface area contributed by atoms with Crippen molar-refractivity contribution in [2.24, 2.45) is 16.6 Å². The molecule has 176 valence electrons. The van der Waals surface area contributed by atoms with E-state index in [9.17, 15) is 22.4 Å². The first-order valence-electron chi connectivity index (χ1n) is 10.7. The Morgan fingerprint density at radius 3 is 2.76 bits per heavy atom. The van der Waals surface area contributed by atoms with Gasteiger partial charge in [-0.05, 0) is 44.4 Å². The smallest absolute Gasteiger partial charge is 0.425 e. The van der Waals surface area contributed by atoms with Crippen LogP contribution in [-0.4, -0.2) is 42.3 Å². The molecule has 0 aromatic heterocycles. The zero-order valence-electron chi connectivity index (χ0n) is 18.0. The summed E-state index contributed by atoms with van der Waals surface area (Å²) in [7, 11) is 0. The molecule has 2 amide bonds. The first kappa shape index (κ1) is 23.0. The second-order valence-corrected chi connectivity index (χ2v) is 8.67. The van der Waals surface area contributed by atoms with Gasteiger partial charge in [-0.25, -0.2) is 14.2 Å². The maximum atomic E-state index is 14.6. The molecular formula is C23H24F4N4O2. The van der Waals surface area contributed by atoms with E-state index < -0.39 is 42.1 Å². The maximum Gasteiger partial charge on any atom is 0.425 e. The van der Waals surface area contributed by atoms with Crippen LogP contribution >= 0.6 is 0 Å². The molecule has 3 aliphatic rings. The highest BCUT2D eigenvalue weighted by molar-refractivity contribution is 5.89. The van der Waals surface area contributed by atoms with Crippen molar-refractivity contribution in [2.45, 2.75) is 50.4 Å². The number of anilines is 1. The van der Waals surface area contributed by atoms with Gasteiger partial charge in [0.15, 0.2) is 6.10 Å².